The summed E-state index contributed by atoms with van der Waals surface area (Å²) in [5.41, 5.74) is -0.588. The van der Waals surface area contributed by atoms with Gasteiger partial charge in [0.2, 0.25) is 0 Å². The van der Waals surface area contributed by atoms with Crippen molar-refractivity contribution in [3.63, 3.8) is 0 Å². The summed E-state index contributed by atoms with van der Waals surface area (Å²) in [5, 5.41) is 0. The van der Waals surface area contributed by atoms with Gasteiger partial charge in [0, 0.05) is 18.8 Å². The molecular formula is C12H13F4N. The van der Waals surface area contributed by atoms with Gasteiger partial charge >= 0.3 is 6.18 Å². The summed E-state index contributed by atoms with van der Waals surface area (Å²) in [6.07, 6.45) is -1.53. The van der Waals surface area contributed by atoms with Gasteiger partial charge < -0.3 is 4.90 Å². The second kappa shape index (κ2) is 4.55. The number of alkyl halides is 3. The third-order valence-corrected chi connectivity index (χ3v) is 2.93. The Morgan fingerprint density at radius 1 is 0.941 bits per heavy atom. The molecule has 1 heterocycles. The number of piperidine rings is 1. The maximum absolute atomic E-state index is 13.2. The first-order valence-corrected chi connectivity index (χ1v) is 5.59. The minimum absolute atomic E-state index is 0.331. The highest BCUT2D eigenvalue weighted by atomic mass is 19.4. The minimum Gasteiger partial charge on any atom is -0.371 e. The third-order valence-electron chi connectivity index (χ3n) is 2.93. The lowest BCUT2D eigenvalue weighted by Crippen LogP contribution is -2.29. The summed E-state index contributed by atoms with van der Waals surface area (Å²) in [6, 6.07) is 2.72. The van der Waals surface area contributed by atoms with E-state index in [0.29, 0.717) is 24.8 Å². The summed E-state index contributed by atoms with van der Waals surface area (Å²) < 4.78 is 50.8. The zero-order valence-electron chi connectivity index (χ0n) is 9.23. The average molecular weight is 247 g/mol. The third kappa shape index (κ3) is 2.90. The lowest BCUT2D eigenvalue weighted by molar-refractivity contribution is -0.137. The fourth-order valence-corrected chi connectivity index (χ4v) is 2.07. The summed E-state index contributed by atoms with van der Waals surface area (Å²) in [4.78, 5) is 1.81. The predicted octanol–water partition coefficient (Wildman–Crippen LogP) is 3.83. The standard InChI is InChI=1S/C12H13F4N/c13-10-6-9(12(14,15)16)7-11(8-10)17-4-2-1-3-5-17/h6-8H,1-5H2. The lowest BCUT2D eigenvalue weighted by atomic mass is 10.1. The summed E-state index contributed by atoms with van der Waals surface area (Å²) in [7, 11) is 0. The Morgan fingerprint density at radius 3 is 2.18 bits per heavy atom. The van der Waals surface area contributed by atoms with Crippen molar-refractivity contribution >= 4 is 5.69 Å². The van der Waals surface area contributed by atoms with E-state index in [9.17, 15) is 17.6 Å². The summed E-state index contributed by atoms with van der Waals surface area (Å²) in [6.45, 7) is 1.39. The monoisotopic (exact) mass is 247 g/mol. The number of rotatable bonds is 1. The van der Waals surface area contributed by atoms with E-state index in [4.69, 9.17) is 0 Å². The fraction of sp³-hybridized carbons (Fsp3) is 0.500. The molecule has 2 rings (SSSR count). The predicted molar refractivity (Wildman–Crippen MR) is 57.5 cm³/mol. The summed E-state index contributed by atoms with van der Waals surface area (Å²) in [5.74, 6) is -0.833. The molecule has 0 spiro atoms. The molecule has 0 amide bonds. The van der Waals surface area contributed by atoms with Crippen molar-refractivity contribution < 1.29 is 17.6 Å². The molecule has 0 N–H and O–H groups in total. The van der Waals surface area contributed by atoms with E-state index in [1.807, 2.05) is 4.90 Å². The molecule has 0 bridgehead atoms. The zero-order chi connectivity index (χ0) is 12.5. The van der Waals surface area contributed by atoms with E-state index < -0.39 is 17.6 Å². The first-order valence-electron chi connectivity index (χ1n) is 5.59. The molecular weight excluding hydrogens is 234 g/mol. The van der Waals surface area contributed by atoms with Crippen molar-refractivity contribution in [2.24, 2.45) is 0 Å². The van der Waals surface area contributed by atoms with E-state index in [0.717, 1.165) is 25.3 Å². The first-order chi connectivity index (χ1) is 7.97. The van der Waals surface area contributed by atoms with Crippen molar-refractivity contribution in [1.82, 2.24) is 0 Å². The quantitative estimate of drug-likeness (QED) is 0.681. The van der Waals surface area contributed by atoms with Crippen LogP contribution in [0.5, 0.6) is 0 Å². The molecule has 0 atom stereocenters. The maximum atomic E-state index is 13.2. The Bertz CT molecular complexity index is 394. The van der Waals surface area contributed by atoms with Crippen LogP contribution in [-0.2, 0) is 6.18 Å². The Kier molecular flexibility index (Phi) is 3.26. The Balaban J connectivity index is 2.31. The van der Waals surface area contributed by atoms with Gasteiger partial charge in [0.05, 0.1) is 5.56 Å². The average Bonchev–Trinajstić information content (AvgIpc) is 2.28. The Hall–Kier alpha value is -1.26. The molecule has 1 nitrogen and oxygen atoms in total. The van der Waals surface area contributed by atoms with Crippen molar-refractivity contribution in [3.8, 4) is 0 Å². The van der Waals surface area contributed by atoms with Crippen LogP contribution >= 0.6 is 0 Å². The highest BCUT2D eigenvalue weighted by Gasteiger charge is 2.31. The second-order valence-electron chi connectivity index (χ2n) is 4.24. The molecule has 94 valence electrons. The maximum Gasteiger partial charge on any atom is 0.416 e. The fourth-order valence-electron chi connectivity index (χ4n) is 2.07. The highest BCUT2D eigenvalue weighted by Crippen LogP contribution is 2.33. The van der Waals surface area contributed by atoms with Gasteiger partial charge in [-0.1, -0.05) is 0 Å². The Morgan fingerprint density at radius 2 is 1.59 bits per heavy atom. The smallest absolute Gasteiger partial charge is 0.371 e. The molecule has 0 aromatic heterocycles. The van der Waals surface area contributed by atoms with Crippen LogP contribution in [0.25, 0.3) is 0 Å². The van der Waals surface area contributed by atoms with Crippen LogP contribution in [0.4, 0.5) is 23.2 Å². The second-order valence-corrected chi connectivity index (χ2v) is 4.24. The molecule has 1 aliphatic heterocycles. The van der Waals surface area contributed by atoms with Gasteiger partial charge in [-0.2, -0.15) is 13.2 Å². The normalized spacial score (nSPS) is 17.3. The van der Waals surface area contributed by atoms with E-state index in [-0.39, 0.29) is 0 Å². The SMILES string of the molecule is Fc1cc(N2CCCCC2)cc(C(F)(F)F)c1. The molecule has 17 heavy (non-hydrogen) atoms. The Labute approximate surface area is 97.0 Å². The molecule has 5 heteroatoms. The van der Waals surface area contributed by atoms with Crippen LogP contribution in [-0.4, -0.2) is 13.1 Å². The van der Waals surface area contributed by atoms with E-state index in [1.54, 1.807) is 0 Å². The molecule has 0 unspecified atom stereocenters. The molecule has 1 aromatic carbocycles. The zero-order valence-corrected chi connectivity index (χ0v) is 9.23. The van der Waals surface area contributed by atoms with Crippen molar-refractivity contribution in [2.75, 3.05) is 18.0 Å². The van der Waals surface area contributed by atoms with Gasteiger partial charge in [-0.25, -0.2) is 4.39 Å². The van der Waals surface area contributed by atoms with E-state index in [1.165, 1.54) is 6.07 Å². The van der Waals surface area contributed by atoms with E-state index in [2.05, 4.69) is 0 Å². The van der Waals surface area contributed by atoms with Gasteiger partial charge in [-0.15, -0.1) is 0 Å². The minimum atomic E-state index is -4.49. The summed E-state index contributed by atoms with van der Waals surface area (Å²) >= 11 is 0. The van der Waals surface area contributed by atoms with Gasteiger partial charge in [-0.3, -0.25) is 0 Å². The number of nitrogens with zero attached hydrogens (tertiary/aromatic N) is 1. The number of anilines is 1. The van der Waals surface area contributed by atoms with Gasteiger partial charge in [0.15, 0.2) is 0 Å². The van der Waals surface area contributed by atoms with Crippen LogP contribution < -0.4 is 4.90 Å². The van der Waals surface area contributed by atoms with Crippen LogP contribution in [0.3, 0.4) is 0 Å². The van der Waals surface area contributed by atoms with Crippen LogP contribution in [0.2, 0.25) is 0 Å². The molecule has 0 radical (unpaired) electrons. The van der Waals surface area contributed by atoms with Crippen molar-refractivity contribution in [1.29, 1.82) is 0 Å². The molecule has 1 aliphatic rings. The topological polar surface area (TPSA) is 3.24 Å². The highest BCUT2D eigenvalue weighted by molar-refractivity contribution is 5.50. The number of hydrogen-bond acceptors (Lipinski definition) is 1. The molecule has 0 saturated carbocycles. The number of halogens is 4. The molecule has 0 aliphatic carbocycles. The largest absolute Gasteiger partial charge is 0.416 e. The van der Waals surface area contributed by atoms with Crippen molar-refractivity contribution in [3.05, 3.63) is 29.6 Å². The van der Waals surface area contributed by atoms with Crippen molar-refractivity contribution in [2.45, 2.75) is 25.4 Å². The number of hydrogen-bond donors (Lipinski definition) is 0. The lowest BCUT2D eigenvalue weighted by Gasteiger charge is -2.29. The number of benzene rings is 1. The van der Waals surface area contributed by atoms with Crippen LogP contribution in [0, 0.1) is 5.82 Å². The van der Waals surface area contributed by atoms with Crippen LogP contribution in [0.1, 0.15) is 24.8 Å². The molecule has 1 fully saturated rings. The molecule has 1 saturated heterocycles. The van der Waals surface area contributed by atoms with Crippen LogP contribution in [0.15, 0.2) is 18.2 Å². The van der Waals surface area contributed by atoms with E-state index >= 15 is 0 Å². The van der Waals surface area contributed by atoms with Gasteiger partial charge in [0.1, 0.15) is 5.82 Å². The molecule has 1 aromatic rings. The van der Waals surface area contributed by atoms with Gasteiger partial charge in [0.25, 0.3) is 0 Å². The first kappa shape index (κ1) is 12.2. The van der Waals surface area contributed by atoms with Gasteiger partial charge in [-0.05, 0) is 37.5 Å².